The molecule has 8 nitrogen and oxygen atoms in total. The van der Waals surface area contributed by atoms with E-state index in [1.165, 1.54) is 7.11 Å². The number of carbonyl (C=O) groups excluding carboxylic acids is 1. The van der Waals surface area contributed by atoms with E-state index in [0.29, 0.717) is 17.4 Å². The molecule has 0 aliphatic rings. The summed E-state index contributed by atoms with van der Waals surface area (Å²) in [5, 5.41) is 7.96. The highest BCUT2D eigenvalue weighted by Crippen LogP contribution is 2.28. The Morgan fingerprint density at radius 1 is 1.03 bits per heavy atom. The van der Waals surface area contributed by atoms with Gasteiger partial charge in [-0.1, -0.05) is 6.07 Å². The summed E-state index contributed by atoms with van der Waals surface area (Å²) in [6.07, 6.45) is -0.717. The summed E-state index contributed by atoms with van der Waals surface area (Å²) in [7, 11) is 3.13. The Kier molecular flexibility index (Phi) is 6.33. The Bertz CT molecular complexity index is 968. The number of nitrogens with zero attached hydrogens (tertiary/aromatic N) is 2. The molecule has 2 aromatic carbocycles. The number of hydrogen-bond donors (Lipinski definition) is 0. The number of rotatable bonds is 8. The van der Waals surface area contributed by atoms with Crippen LogP contribution in [0.15, 0.2) is 46.9 Å². The highest BCUT2D eigenvalue weighted by Gasteiger charge is 2.20. The van der Waals surface area contributed by atoms with Crippen molar-refractivity contribution in [2.75, 3.05) is 20.8 Å². The van der Waals surface area contributed by atoms with Crippen molar-refractivity contribution in [3.8, 4) is 28.7 Å². The van der Waals surface area contributed by atoms with Crippen molar-refractivity contribution >= 4 is 5.97 Å². The topological polar surface area (TPSA) is 92.9 Å². The maximum atomic E-state index is 12.1. The van der Waals surface area contributed by atoms with Gasteiger partial charge in [0.1, 0.15) is 5.75 Å². The molecule has 3 aromatic rings. The number of aryl methyl sites for hydroxylation is 1. The molecular formula is C21H22N2O6. The zero-order valence-corrected chi connectivity index (χ0v) is 16.7. The zero-order valence-electron chi connectivity index (χ0n) is 16.7. The fourth-order valence-electron chi connectivity index (χ4n) is 2.56. The second-order valence-electron chi connectivity index (χ2n) is 6.25. The van der Waals surface area contributed by atoms with Crippen LogP contribution in [0, 0.1) is 6.92 Å². The monoisotopic (exact) mass is 398 g/mol. The molecule has 0 amide bonds. The van der Waals surface area contributed by atoms with E-state index < -0.39 is 12.1 Å². The fraction of sp³-hybridized carbons (Fsp3) is 0.286. The molecule has 0 bridgehead atoms. The minimum atomic E-state index is -0.717. The van der Waals surface area contributed by atoms with Crippen molar-refractivity contribution in [3.05, 3.63) is 53.9 Å². The quantitative estimate of drug-likeness (QED) is 0.530. The van der Waals surface area contributed by atoms with E-state index >= 15 is 0 Å². The molecule has 0 aliphatic heterocycles. The average molecular weight is 398 g/mol. The van der Waals surface area contributed by atoms with Gasteiger partial charge < -0.3 is 23.4 Å². The first-order valence-electron chi connectivity index (χ1n) is 8.95. The number of carbonyl (C=O) groups is 1. The van der Waals surface area contributed by atoms with E-state index in [0.717, 1.165) is 16.9 Å². The Morgan fingerprint density at radius 2 is 1.79 bits per heavy atom. The molecule has 8 heteroatoms. The van der Waals surface area contributed by atoms with Crippen molar-refractivity contribution in [3.63, 3.8) is 0 Å². The largest absolute Gasteiger partial charge is 0.497 e. The lowest BCUT2D eigenvalue weighted by Crippen LogP contribution is -2.17. The van der Waals surface area contributed by atoms with Gasteiger partial charge in [0, 0.05) is 5.56 Å². The van der Waals surface area contributed by atoms with E-state index in [9.17, 15) is 4.79 Å². The molecule has 152 valence electrons. The normalized spacial score (nSPS) is 11.6. The van der Waals surface area contributed by atoms with Crippen molar-refractivity contribution in [1.82, 2.24) is 10.2 Å². The summed E-state index contributed by atoms with van der Waals surface area (Å²) in [5.41, 5.74) is 1.76. The minimum absolute atomic E-state index is 0.192. The molecule has 0 saturated carbocycles. The summed E-state index contributed by atoms with van der Waals surface area (Å²) < 4.78 is 26.8. The van der Waals surface area contributed by atoms with Gasteiger partial charge in [0.05, 0.1) is 14.2 Å². The van der Waals surface area contributed by atoms with Gasteiger partial charge in [-0.3, -0.25) is 0 Å². The van der Waals surface area contributed by atoms with Gasteiger partial charge >= 0.3 is 5.97 Å². The first-order valence-corrected chi connectivity index (χ1v) is 8.95. The third-order valence-corrected chi connectivity index (χ3v) is 4.10. The van der Waals surface area contributed by atoms with Crippen LogP contribution in [0.2, 0.25) is 0 Å². The number of aromatic nitrogens is 2. The van der Waals surface area contributed by atoms with Gasteiger partial charge in [-0.05, 0) is 55.8 Å². The SMILES string of the molecule is COc1ccc(-c2nnc(C(C)OC(=O)COc3ccc(C)cc3OC)o2)cc1. The van der Waals surface area contributed by atoms with Crippen molar-refractivity contribution < 1.29 is 28.2 Å². The van der Waals surface area contributed by atoms with Gasteiger partial charge in [-0.2, -0.15) is 0 Å². The molecule has 0 aliphatic carbocycles. The number of esters is 1. The maximum Gasteiger partial charge on any atom is 0.344 e. The lowest BCUT2D eigenvalue weighted by atomic mass is 10.2. The van der Waals surface area contributed by atoms with Gasteiger partial charge in [-0.25, -0.2) is 4.79 Å². The van der Waals surface area contributed by atoms with E-state index in [-0.39, 0.29) is 12.5 Å². The van der Waals surface area contributed by atoms with E-state index in [4.69, 9.17) is 23.4 Å². The predicted octanol–water partition coefficient (Wildman–Crippen LogP) is 3.75. The summed E-state index contributed by atoms with van der Waals surface area (Å²) in [6, 6.07) is 12.6. The number of ether oxygens (including phenoxy) is 4. The Morgan fingerprint density at radius 3 is 2.48 bits per heavy atom. The van der Waals surface area contributed by atoms with Crippen LogP contribution in [-0.2, 0) is 9.53 Å². The van der Waals surface area contributed by atoms with Gasteiger partial charge in [0.15, 0.2) is 24.2 Å². The number of methoxy groups -OCH3 is 2. The maximum absolute atomic E-state index is 12.1. The number of benzene rings is 2. The predicted molar refractivity (Wildman–Crippen MR) is 104 cm³/mol. The molecule has 1 atom stereocenters. The first kappa shape index (κ1) is 20.2. The number of hydrogen-bond acceptors (Lipinski definition) is 8. The third kappa shape index (κ3) is 5.04. The summed E-state index contributed by atoms with van der Waals surface area (Å²) in [6.45, 7) is 3.31. The first-order chi connectivity index (χ1) is 14.0. The summed E-state index contributed by atoms with van der Waals surface area (Å²) in [4.78, 5) is 12.1. The lowest BCUT2D eigenvalue weighted by Gasteiger charge is -2.12. The Balaban J connectivity index is 1.58. The standard InChI is InChI=1S/C21H22N2O6/c1-13-5-10-17(18(11-13)26-4)27-12-19(24)28-14(2)20-22-23-21(29-20)15-6-8-16(25-3)9-7-15/h5-11,14H,12H2,1-4H3. The molecule has 1 aromatic heterocycles. The highest BCUT2D eigenvalue weighted by atomic mass is 16.6. The summed E-state index contributed by atoms with van der Waals surface area (Å²) >= 11 is 0. The van der Waals surface area contributed by atoms with E-state index in [1.54, 1.807) is 44.4 Å². The Labute approximate surface area is 168 Å². The summed E-state index contributed by atoms with van der Waals surface area (Å²) in [5.74, 6) is 1.68. The smallest absolute Gasteiger partial charge is 0.344 e. The van der Waals surface area contributed by atoms with Crippen LogP contribution in [0.4, 0.5) is 0 Å². The highest BCUT2D eigenvalue weighted by molar-refractivity contribution is 5.71. The van der Waals surface area contributed by atoms with Crippen LogP contribution >= 0.6 is 0 Å². The molecule has 29 heavy (non-hydrogen) atoms. The molecule has 0 N–H and O–H groups in total. The van der Waals surface area contributed by atoms with Crippen LogP contribution in [-0.4, -0.2) is 37.0 Å². The van der Waals surface area contributed by atoms with Gasteiger partial charge in [0.25, 0.3) is 5.89 Å². The molecular weight excluding hydrogens is 376 g/mol. The third-order valence-electron chi connectivity index (χ3n) is 4.10. The van der Waals surface area contributed by atoms with E-state index in [2.05, 4.69) is 10.2 Å². The molecule has 0 spiro atoms. The molecule has 3 rings (SSSR count). The van der Waals surface area contributed by atoms with Gasteiger partial charge in [-0.15, -0.1) is 10.2 Å². The van der Waals surface area contributed by atoms with Gasteiger partial charge in [0.2, 0.25) is 5.89 Å². The fourth-order valence-corrected chi connectivity index (χ4v) is 2.56. The zero-order chi connectivity index (χ0) is 20.8. The second kappa shape index (κ2) is 9.09. The van der Waals surface area contributed by atoms with Crippen molar-refractivity contribution in [2.45, 2.75) is 20.0 Å². The molecule has 0 saturated heterocycles. The van der Waals surface area contributed by atoms with Crippen LogP contribution in [0.1, 0.15) is 24.5 Å². The minimum Gasteiger partial charge on any atom is -0.497 e. The molecule has 1 unspecified atom stereocenters. The second-order valence-corrected chi connectivity index (χ2v) is 6.25. The van der Waals surface area contributed by atoms with E-state index in [1.807, 2.05) is 19.1 Å². The molecule has 1 heterocycles. The molecule has 0 radical (unpaired) electrons. The van der Waals surface area contributed by atoms with Crippen molar-refractivity contribution in [1.29, 1.82) is 0 Å². The lowest BCUT2D eigenvalue weighted by molar-refractivity contribution is -0.152. The van der Waals surface area contributed by atoms with Crippen LogP contribution in [0.3, 0.4) is 0 Å². The van der Waals surface area contributed by atoms with Crippen LogP contribution in [0.25, 0.3) is 11.5 Å². The average Bonchev–Trinajstić information content (AvgIpc) is 3.23. The Hall–Kier alpha value is -3.55. The van der Waals surface area contributed by atoms with Crippen molar-refractivity contribution in [2.24, 2.45) is 0 Å². The molecule has 0 fully saturated rings. The van der Waals surface area contributed by atoms with Crippen LogP contribution in [0.5, 0.6) is 17.2 Å². The van der Waals surface area contributed by atoms with Crippen LogP contribution < -0.4 is 14.2 Å².